The maximum Gasteiger partial charge on any atom is 0.238 e. The Morgan fingerprint density at radius 3 is 2.69 bits per heavy atom. The number of rotatable bonds is 5. The molecule has 3 rings (SSSR count). The zero-order valence-corrected chi connectivity index (χ0v) is 16.2. The molecule has 1 aliphatic heterocycles. The second-order valence-electron chi connectivity index (χ2n) is 7.54. The first kappa shape index (κ1) is 19.2. The monoisotopic (exact) mass is 377 g/mol. The number of amides is 2. The molecule has 1 aromatic carbocycles. The Labute approximate surface area is 160 Å². The molecule has 1 aromatic rings. The first-order valence-corrected chi connectivity index (χ1v) is 9.95. The molecule has 0 bridgehead atoms. The Bertz CT molecular complexity index is 650. The molecule has 6 heteroatoms. The SMILES string of the molecule is CN(CC(=O)Nc1ccccc1Cl)CC(=O)N1CCC[C@H]2CCCC[C@@H]21. The first-order chi connectivity index (χ1) is 12.5. The van der Waals surface area contributed by atoms with Gasteiger partial charge in [0.1, 0.15) is 0 Å². The van der Waals surface area contributed by atoms with E-state index in [1.165, 1.54) is 25.7 Å². The van der Waals surface area contributed by atoms with Gasteiger partial charge in [-0.05, 0) is 50.8 Å². The fourth-order valence-corrected chi connectivity index (χ4v) is 4.49. The number of hydrogen-bond donors (Lipinski definition) is 1. The van der Waals surface area contributed by atoms with Gasteiger partial charge in [-0.15, -0.1) is 0 Å². The molecular formula is C20H28ClN3O2. The van der Waals surface area contributed by atoms with E-state index >= 15 is 0 Å². The number of carbonyl (C=O) groups is 2. The number of piperidine rings is 1. The Hall–Kier alpha value is -1.59. The van der Waals surface area contributed by atoms with Gasteiger partial charge in [-0.25, -0.2) is 0 Å². The molecule has 1 aliphatic carbocycles. The molecule has 2 atom stereocenters. The van der Waals surface area contributed by atoms with Crippen molar-refractivity contribution in [1.82, 2.24) is 9.80 Å². The highest BCUT2D eigenvalue weighted by Crippen LogP contribution is 2.35. The summed E-state index contributed by atoms with van der Waals surface area (Å²) in [5.74, 6) is 0.660. The van der Waals surface area contributed by atoms with Crippen LogP contribution >= 0.6 is 11.6 Å². The number of fused-ring (bicyclic) bond motifs is 1. The van der Waals surface area contributed by atoms with Gasteiger partial charge >= 0.3 is 0 Å². The van der Waals surface area contributed by atoms with Crippen molar-refractivity contribution in [1.29, 1.82) is 0 Å². The fraction of sp³-hybridized carbons (Fsp3) is 0.600. The number of benzene rings is 1. The summed E-state index contributed by atoms with van der Waals surface area (Å²) in [6, 6.07) is 7.56. The lowest BCUT2D eigenvalue weighted by Crippen LogP contribution is -2.52. The van der Waals surface area contributed by atoms with Crippen LogP contribution in [0.1, 0.15) is 38.5 Å². The summed E-state index contributed by atoms with van der Waals surface area (Å²) >= 11 is 6.07. The summed E-state index contributed by atoms with van der Waals surface area (Å²) in [5, 5.41) is 3.31. The summed E-state index contributed by atoms with van der Waals surface area (Å²) in [6.45, 7) is 1.30. The molecule has 2 fully saturated rings. The van der Waals surface area contributed by atoms with Crippen molar-refractivity contribution in [3.63, 3.8) is 0 Å². The van der Waals surface area contributed by atoms with Crippen LogP contribution in [0.4, 0.5) is 5.69 Å². The smallest absolute Gasteiger partial charge is 0.238 e. The van der Waals surface area contributed by atoms with Crippen molar-refractivity contribution in [2.75, 3.05) is 32.0 Å². The topological polar surface area (TPSA) is 52.7 Å². The molecule has 0 spiro atoms. The van der Waals surface area contributed by atoms with Crippen LogP contribution in [0.25, 0.3) is 0 Å². The van der Waals surface area contributed by atoms with Crippen molar-refractivity contribution in [2.45, 2.75) is 44.6 Å². The van der Waals surface area contributed by atoms with Gasteiger partial charge in [-0.3, -0.25) is 14.5 Å². The maximum atomic E-state index is 12.8. The molecule has 1 saturated heterocycles. The van der Waals surface area contributed by atoms with E-state index in [-0.39, 0.29) is 24.9 Å². The van der Waals surface area contributed by atoms with E-state index in [1.54, 1.807) is 17.0 Å². The predicted octanol–water partition coefficient (Wildman–Crippen LogP) is 3.39. The molecule has 5 nitrogen and oxygen atoms in total. The van der Waals surface area contributed by atoms with Gasteiger partial charge in [-0.1, -0.05) is 36.6 Å². The average Bonchev–Trinajstić information content (AvgIpc) is 2.63. The van der Waals surface area contributed by atoms with Gasteiger partial charge in [0, 0.05) is 12.6 Å². The molecule has 142 valence electrons. The van der Waals surface area contributed by atoms with E-state index in [2.05, 4.69) is 10.2 Å². The van der Waals surface area contributed by atoms with Crippen molar-refractivity contribution in [3.8, 4) is 0 Å². The molecule has 0 aromatic heterocycles. The summed E-state index contributed by atoms with van der Waals surface area (Å²) in [4.78, 5) is 28.9. The Morgan fingerprint density at radius 1 is 1.15 bits per heavy atom. The van der Waals surface area contributed by atoms with E-state index in [9.17, 15) is 9.59 Å². The largest absolute Gasteiger partial charge is 0.338 e. The first-order valence-electron chi connectivity index (χ1n) is 9.57. The molecule has 26 heavy (non-hydrogen) atoms. The highest BCUT2D eigenvalue weighted by molar-refractivity contribution is 6.33. The number of carbonyl (C=O) groups excluding carboxylic acids is 2. The summed E-state index contributed by atoms with van der Waals surface area (Å²) in [5.41, 5.74) is 0.597. The summed E-state index contributed by atoms with van der Waals surface area (Å²) in [7, 11) is 1.81. The minimum Gasteiger partial charge on any atom is -0.338 e. The lowest BCUT2D eigenvalue weighted by atomic mass is 9.78. The molecule has 0 unspecified atom stereocenters. The number of likely N-dealkylation sites (N-methyl/N-ethyl adjacent to an activating group) is 1. The molecule has 1 saturated carbocycles. The molecule has 2 amide bonds. The average molecular weight is 378 g/mol. The Kier molecular flexibility index (Phi) is 6.54. The van der Waals surface area contributed by atoms with Crippen LogP contribution in [0.3, 0.4) is 0 Å². The normalized spacial score (nSPS) is 22.8. The highest BCUT2D eigenvalue weighted by atomic mass is 35.5. The van der Waals surface area contributed by atoms with E-state index in [0.29, 0.717) is 22.7 Å². The molecule has 1 N–H and O–H groups in total. The minimum absolute atomic E-state index is 0.148. The van der Waals surface area contributed by atoms with Gasteiger partial charge in [0.05, 0.1) is 23.8 Å². The van der Waals surface area contributed by atoms with Crippen LogP contribution in [-0.4, -0.2) is 54.3 Å². The van der Waals surface area contributed by atoms with E-state index in [4.69, 9.17) is 11.6 Å². The zero-order valence-electron chi connectivity index (χ0n) is 15.4. The molecule has 2 aliphatic rings. The fourth-order valence-electron chi connectivity index (χ4n) is 4.31. The van der Waals surface area contributed by atoms with Crippen LogP contribution in [0.2, 0.25) is 5.02 Å². The van der Waals surface area contributed by atoms with Gasteiger partial charge in [0.25, 0.3) is 0 Å². The Balaban J connectivity index is 1.50. The van der Waals surface area contributed by atoms with Gasteiger partial charge in [0.2, 0.25) is 11.8 Å². The highest BCUT2D eigenvalue weighted by Gasteiger charge is 2.35. The third-order valence-corrected chi connectivity index (χ3v) is 5.86. The van der Waals surface area contributed by atoms with Crippen molar-refractivity contribution in [3.05, 3.63) is 29.3 Å². The second kappa shape index (κ2) is 8.87. The van der Waals surface area contributed by atoms with Crippen molar-refractivity contribution < 1.29 is 9.59 Å². The van der Waals surface area contributed by atoms with E-state index in [1.807, 2.05) is 19.2 Å². The molecule has 0 radical (unpaired) electrons. The zero-order chi connectivity index (χ0) is 18.5. The van der Waals surface area contributed by atoms with Crippen molar-refractivity contribution in [2.24, 2.45) is 5.92 Å². The van der Waals surface area contributed by atoms with Crippen LogP contribution in [0, 0.1) is 5.92 Å². The van der Waals surface area contributed by atoms with Gasteiger partial charge in [0.15, 0.2) is 0 Å². The third kappa shape index (κ3) is 4.77. The predicted molar refractivity (Wildman–Crippen MR) is 104 cm³/mol. The number of para-hydroxylation sites is 1. The number of likely N-dealkylation sites (tertiary alicyclic amines) is 1. The lowest BCUT2D eigenvalue weighted by molar-refractivity contribution is -0.138. The van der Waals surface area contributed by atoms with E-state index < -0.39 is 0 Å². The van der Waals surface area contributed by atoms with Crippen LogP contribution < -0.4 is 5.32 Å². The standard InChI is InChI=1S/C20H28ClN3O2/c1-23(13-19(25)22-17-10-4-3-9-16(17)21)14-20(26)24-12-6-8-15-7-2-5-11-18(15)24/h3-4,9-10,15,18H,2,5-8,11-14H2,1H3,(H,22,25)/t15-,18+/m1/s1. The van der Waals surface area contributed by atoms with Gasteiger partial charge in [-0.2, -0.15) is 0 Å². The number of nitrogens with one attached hydrogen (secondary N) is 1. The van der Waals surface area contributed by atoms with Crippen LogP contribution in [0.5, 0.6) is 0 Å². The number of halogens is 1. The summed E-state index contributed by atoms with van der Waals surface area (Å²) < 4.78 is 0. The number of nitrogens with zero attached hydrogens (tertiary/aromatic N) is 2. The minimum atomic E-state index is -0.164. The maximum absolute atomic E-state index is 12.8. The Morgan fingerprint density at radius 2 is 1.88 bits per heavy atom. The molecular weight excluding hydrogens is 350 g/mol. The third-order valence-electron chi connectivity index (χ3n) is 5.53. The number of hydrogen-bond acceptors (Lipinski definition) is 3. The van der Waals surface area contributed by atoms with E-state index in [0.717, 1.165) is 19.4 Å². The quantitative estimate of drug-likeness (QED) is 0.855. The van der Waals surface area contributed by atoms with Crippen LogP contribution in [0.15, 0.2) is 24.3 Å². The molecule has 1 heterocycles. The van der Waals surface area contributed by atoms with Gasteiger partial charge < -0.3 is 10.2 Å². The number of anilines is 1. The van der Waals surface area contributed by atoms with Crippen LogP contribution in [-0.2, 0) is 9.59 Å². The lowest BCUT2D eigenvalue weighted by Gasteiger charge is -2.44. The van der Waals surface area contributed by atoms with Crippen molar-refractivity contribution >= 4 is 29.1 Å². The second-order valence-corrected chi connectivity index (χ2v) is 7.95. The summed E-state index contributed by atoms with van der Waals surface area (Å²) in [6.07, 6.45) is 7.26.